The lowest BCUT2D eigenvalue weighted by Gasteiger charge is -2.16. The summed E-state index contributed by atoms with van der Waals surface area (Å²) >= 11 is 0. The first-order valence-corrected chi connectivity index (χ1v) is 7.87. The maximum Gasteiger partial charge on any atom is 0.338 e. The molecule has 1 saturated heterocycles. The highest BCUT2D eigenvalue weighted by Crippen LogP contribution is 2.21. The second-order valence-corrected chi connectivity index (χ2v) is 5.38. The third-order valence-corrected chi connectivity index (χ3v) is 3.75. The van der Waals surface area contributed by atoms with Gasteiger partial charge < -0.3 is 15.0 Å². The summed E-state index contributed by atoms with van der Waals surface area (Å²) in [6.07, 6.45) is 3.99. The van der Waals surface area contributed by atoms with Gasteiger partial charge in [0.2, 0.25) is 0 Å². The quantitative estimate of drug-likeness (QED) is 0.856. The van der Waals surface area contributed by atoms with Gasteiger partial charge in [0.05, 0.1) is 12.2 Å². The van der Waals surface area contributed by atoms with E-state index in [0.717, 1.165) is 30.4 Å². The Kier molecular flexibility index (Phi) is 4.71. The number of carbonyl (C=O) groups excluding carboxylic acids is 1. The van der Waals surface area contributed by atoms with Crippen LogP contribution in [0.15, 0.2) is 36.7 Å². The molecule has 2 heterocycles. The minimum Gasteiger partial charge on any atom is -0.462 e. The largest absolute Gasteiger partial charge is 0.462 e. The average molecular weight is 312 g/mol. The molecule has 0 amide bonds. The van der Waals surface area contributed by atoms with Gasteiger partial charge in [0.15, 0.2) is 0 Å². The van der Waals surface area contributed by atoms with E-state index in [1.165, 1.54) is 12.8 Å². The Morgan fingerprint density at radius 3 is 2.65 bits per heavy atom. The molecule has 1 aliphatic rings. The van der Waals surface area contributed by atoms with Gasteiger partial charge in [-0.2, -0.15) is 0 Å². The Bertz CT molecular complexity index is 667. The van der Waals surface area contributed by atoms with E-state index >= 15 is 0 Å². The van der Waals surface area contributed by atoms with Gasteiger partial charge in [-0.3, -0.25) is 0 Å². The van der Waals surface area contributed by atoms with E-state index in [-0.39, 0.29) is 5.97 Å². The normalized spacial score (nSPS) is 13.9. The lowest BCUT2D eigenvalue weighted by Crippen LogP contribution is -2.19. The van der Waals surface area contributed by atoms with Crippen LogP contribution in [-0.4, -0.2) is 35.6 Å². The predicted molar refractivity (Wildman–Crippen MR) is 89.2 cm³/mol. The van der Waals surface area contributed by atoms with Gasteiger partial charge in [0.25, 0.3) is 0 Å². The number of aromatic nitrogens is 2. The smallest absolute Gasteiger partial charge is 0.338 e. The van der Waals surface area contributed by atoms with Crippen molar-refractivity contribution in [3.8, 4) is 0 Å². The molecular formula is C17H20N4O2. The molecule has 0 radical (unpaired) electrons. The summed E-state index contributed by atoms with van der Waals surface area (Å²) in [5.74, 6) is 1.38. The summed E-state index contributed by atoms with van der Waals surface area (Å²) in [4.78, 5) is 22.5. The summed E-state index contributed by atoms with van der Waals surface area (Å²) in [6.45, 7) is 4.26. The van der Waals surface area contributed by atoms with Crippen molar-refractivity contribution in [3.63, 3.8) is 0 Å². The summed E-state index contributed by atoms with van der Waals surface area (Å²) in [5.41, 5.74) is 1.40. The topological polar surface area (TPSA) is 67.3 Å². The third-order valence-electron chi connectivity index (χ3n) is 3.75. The molecule has 120 valence electrons. The van der Waals surface area contributed by atoms with Gasteiger partial charge >= 0.3 is 5.97 Å². The zero-order valence-electron chi connectivity index (χ0n) is 13.2. The Labute approximate surface area is 135 Å². The monoisotopic (exact) mass is 312 g/mol. The van der Waals surface area contributed by atoms with Crippen LogP contribution < -0.4 is 10.2 Å². The summed E-state index contributed by atoms with van der Waals surface area (Å²) in [6, 6.07) is 9.10. The Hall–Kier alpha value is -2.63. The van der Waals surface area contributed by atoms with Crippen LogP contribution in [0, 0.1) is 0 Å². The molecule has 23 heavy (non-hydrogen) atoms. The molecule has 0 unspecified atom stereocenters. The van der Waals surface area contributed by atoms with Gasteiger partial charge in [-0.05, 0) is 44.0 Å². The number of hydrogen-bond acceptors (Lipinski definition) is 6. The number of esters is 1. The minimum atomic E-state index is -0.308. The van der Waals surface area contributed by atoms with Crippen LogP contribution in [0.4, 0.5) is 17.3 Å². The molecule has 6 nitrogen and oxygen atoms in total. The van der Waals surface area contributed by atoms with E-state index in [2.05, 4.69) is 20.2 Å². The lowest BCUT2D eigenvalue weighted by atomic mass is 10.2. The molecule has 0 saturated carbocycles. The fraction of sp³-hybridized carbons (Fsp3) is 0.353. The Morgan fingerprint density at radius 1 is 1.22 bits per heavy atom. The van der Waals surface area contributed by atoms with Crippen molar-refractivity contribution in [1.29, 1.82) is 0 Å². The van der Waals surface area contributed by atoms with Crippen molar-refractivity contribution in [2.75, 3.05) is 29.9 Å². The molecule has 1 fully saturated rings. The van der Waals surface area contributed by atoms with Crippen molar-refractivity contribution in [1.82, 2.24) is 9.97 Å². The minimum absolute atomic E-state index is 0.308. The molecule has 2 aromatic rings. The third kappa shape index (κ3) is 3.77. The highest BCUT2D eigenvalue weighted by molar-refractivity contribution is 5.89. The van der Waals surface area contributed by atoms with E-state index in [9.17, 15) is 4.79 Å². The highest BCUT2D eigenvalue weighted by Gasteiger charge is 2.14. The van der Waals surface area contributed by atoms with Crippen LogP contribution in [0.2, 0.25) is 0 Å². The first kappa shape index (κ1) is 15.3. The van der Waals surface area contributed by atoms with Gasteiger partial charge in [0, 0.05) is 24.8 Å². The van der Waals surface area contributed by atoms with E-state index in [0.29, 0.717) is 12.2 Å². The van der Waals surface area contributed by atoms with Crippen molar-refractivity contribution >= 4 is 23.3 Å². The number of hydrogen-bond donors (Lipinski definition) is 1. The fourth-order valence-electron chi connectivity index (χ4n) is 2.59. The molecule has 0 aliphatic carbocycles. The number of nitrogens with one attached hydrogen (secondary N) is 1. The highest BCUT2D eigenvalue weighted by atomic mass is 16.5. The number of nitrogens with zero attached hydrogens (tertiary/aromatic N) is 3. The second kappa shape index (κ2) is 7.09. The van der Waals surface area contributed by atoms with E-state index in [1.807, 2.05) is 18.2 Å². The van der Waals surface area contributed by atoms with Gasteiger partial charge in [-0.1, -0.05) is 0 Å². The molecular weight excluding hydrogens is 292 g/mol. The maximum atomic E-state index is 11.6. The predicted octanol–water partition coefficient (Wildman–Crippen LogP) is 3.00. The Balaban J connectivity index is 1.69. The molecule has 1 aliphatic heterocycles. The maximum absolute atomic E-state index is 11.6. The molecule has 0 atom stereocenters. The van der Waals surface area contributed by atoms with Crippen LogP contribution in [-0.2, 0) is 4.74 Å². The van der Waals surface area contributed by atoms with E-state index in [4.69, 9.17) is 4.74 Å². The molecule has 1 aromatic heterocycles. The zero-order valence-corrected chi connectivity index (χ0v) is 13.2. The second-order valence-electron chi connectivity index (χ2n) is 5.38. The number of benzene rings is 1. The zero-order chi connectivity index (χ0) is 16.1. The summed E-state index contributed by atoms with van der Waals surface area (Å²) in [5, 5.41) is 3.24. The lowest BCUT2D eigenvalue weighted by molar-refractivity contribution is 0.0526. The molecule has 0 spiro atoms. The van der Waals surface area contributed by atoms with Gasteiger partial charge in [0.1, 0.15) is 18.0 Å². The SMILES string of the molecule is CCOC(=O)c1ccc(Nc2cc(N3CCCC3)ncn2)cc1. The first-order valence-electron chi connectivity index (χ1n) is 7.87. The molecule has 3 rings (SSSR count). The summed E-state index contributed by atoms with van der Waals surface area (Å²) < 4.78 is 4.97. The molecule has 6 heteroatoms. The standard InChI is InChI=1S/C17H20N4O2/c1-2-23-17(22)13-5-7-14(8-6-13)20-15-11-16(19-12-18-15)21-9-3-4-10-21/h5-8,11-12H,2-4,9-10H2,1H3,(H,18,19,20). The van der Waals surface area contributed by atoms with Crippen LogP contribution in [0.3, 0.4) is 0 Å². The Morgan fingerprint density at radius 2 is 1.96 bits per heavy atom. The molecule has 1 aromatic carbocycles. The number of rotatable bonds is 5. The van der Waals surface area contributed by atoms with E-state index < -0.39 is 0 Å². The molecule has 0 bridgehead atoms. The molecule has 1 N–H and O–H groups in total. The van der Waals surface area contributed by atoms with Crippen LogP contribution >= 0.6 is 0 Å². The van der Waals surface area contributed by atoms with Crippen molar-refractivity contribution in [3.05, 3.63) is 42.2 Å². The average Bonchev–Trinajstić information content (AvgIpc) is 3.11. The first-order chi connectivity index (χ1) is 11.3. The number of carbonyl (C=O) groups is 1. The van der Waals surface area contributed by atoms with Gasteiger partial charge in [-0.25, -0.2) is 14.8 Å². The summed E-state index contributed by atoms with van der Waals surface area (Å²) in [7, 11) is 0. The van der Waals surface area contributed by atoms with Crippen molar-refractivity contribution < 1.29 is 9.53 Å². The van der Waals surface area contributed by atoms with Crippen LogP contribution in [0.1, 0.15) is 30.1 Å². The van der Waals surface area contributed by atoms with E-state index in [1.54, 1.807) is 25.4 Å². The van der Waals surface area contributed by atoms with Crippen molar-refractivity contribution in [2.45, 2.75) is 19.8 Å². The number of anilines is 3. The van der Waals surface area contributed by atoms with Crippen LogP contribution in [0.25, 0.3) is 0 Å². The fourth-order valence-corrected chi connectivity index (χ4v) is 2.59. The van der Waals surface area contributed by atoms with Crippen LogP contribution in [0.5, 0.6) is 0 Å². The van der Waals surface area contributed by atoms with Gasteiger partial charge in [-0.15, -0.1) is 0 Å². The van der Waals surface area contributed by atoms with Crippen molar-refractivity contribution in [2.24, 2.45) is 0 Å². The number of ether oxygens (including phenoxy) is 1.